The lowest BCUT2D eigenvalue weighted by Gasteiger charge is -2.22. The highest BCUT2D eigenvalue weighted by Crippen LogP contribution is 2.38. The molecule has 0 saturated carbocycles. The lowest BCUT2D eigenvalue weighted by atomic mass is 10.0. The van der Waals surface area contributed by atoms with E-state index < -0.39 is 0 Å². The molecule has 2 aromatic carbocycles. The van der Waals surface area contributed by atoms with Gasteiger partial charge in [0.2, 0.25) is 0 Å². The predicted molar refractivity (Wildman–Crippen MR) is 109 cm³/mol. The Morgan fingerprint density at radius 1 is 0.964 bits per heavy atom. The van der Waals surface area contributed by atoms with Crippen LogP contribution in [0.3, 0.4) is 0 Å². The Morgan fingerprint density at radius 3 is 2.43 bits per heavy atom. The van der Waals surface area contributed by atoms with E-state index in [2.05, 4.69) is 6.07 Å². The van der Waals surface area contributed by atoms with Crippen molar-refractivity contribution in [2.75, 3.05) is 24.6 Å². The van der Waals surface area contributed by atoms with Crippen LogP contribution < -0.4 is 4.90 Å². The van der Waals surface area contributed by atoms with Crippen LogP contribution in [0.1, 0.15) is 25.0 Å². The van der Waals surface area contributed by atoms with E-state index in [0.717, 1.165) is 17.7 Å². The van der Waals surface area contributed by atoms with Crippen molar-refractivity contribution in [3.05, 3.63) is 71.4 Å². The highest BCUT2D eigenvalue weighted by molar-refractivity contribution is 6.36. The van der Waals surface area contributed by atoms with Crippen LogP contribution in [0.25, 0.3) is 5.57 Å². The molecule has 4 rings (SSSR count). The number of anilines is 1. The van der Waals surface area contributed by atoms with Gasteiger partial charge < -0.3 is 9.64 Å². The Balaban J connectivity index is 1.74. The van der Waals surface area contributed by atoms with Crippen LogP contribution in [-0.2, 0) is 20.7 Å². The average Bonchev–Trinajstić information content (AvgIpc) is 3.22. The van der Waals surface area contributed by atoms with E-state index in [9.17, 15) is 9.59 Å². The minimum absolute atomic E-state index is 0.0549. The highest BCUT2D eigenvalue weighted by Gasteiger charge is 2.42. The molecule has 2 aliphatic rings. The third-order valence-electron chi connectivity index (χ3n) is 5.13. The number of hydrogen-bond acceptors (Lipinski definition) is 4. The number of benzene rings is 2. The van der Waals surface area contributed by atoms with Gasteiger partial charge in [-0.1, -0.05) is 48.5 Å². The Hall–Kier alpha value is -2.92. The summed E-state index contributed by atoms with van der Waals surface area (Å²) >= 11 is 0. The van der Waals surface area contributed by atoms with E-state index in [0.29, 0.717) is 24.4 Å². The molecule has 2 aliphatic heterocycles. The Kier molecular flexibility index (Phi) is 5.01. The van der Waals surface area contributed by atoms with Crippen molar-refractivity contribution in [3.63, 3.8) is 0 Å². The summed E-state index contributed by atoms with van der Waals surface area (Å²) in [5.74, 6) is -0.490. The monoisotopic (exact) mass is 376 g/mol. The zero-order valence-electron chi connectivity index (χ0n) is 16.2. The topological polar surface area (TPSA) is 49.9 Å². The molecule has 2 amide bonds. The third-order valence-corrected chi connectivity index (χ3v) is 5.13. The molecule has 28 heavy (non-hydrogen) atoms. The standard InChI is InChI=1S/C23H24N2O3/c1-16(2)28-15-14-25-22(26)20(18-9-4-3-5-10-18)21(23(25)27)24-13-12-17-8-6-7-11-19(17)24/h3-11,16H,12-15H2,1-2H3. The Labute approximate surface area is 165 Å². The van der Waals surface area contributed by atoms with E-state index in [1.165, 1.54) is 10.5 Å². The van der Waals surface area contributed by atoms with Gasteiger partial charge in [0.1, 0.15) is 5.70 Å². The van der Waals surface area contributed by atoms with Gasteiger partial charge in [-0.2, -0.15) is 0 Å². The molecule has 0 radical (unpaired) electrons. The first-order chi connectivity index (χ1) is 13.6. The molecule has 2 heterocycles. The van der Waals surface area contributed by atoms with Gasteiger partial charge in [-0.3, -0.25) is 14.5 Å². The van der Waals surface area contributed by atoms with Gasteiger partial charge in [0.05, 0.1) is 24.8 Å². The molecule has 0 fully saturated rings. The summed E-state index contributed by atoms with van der Waals surface area (Å²) in [5.41, 5.74) is 3.93. The lowest BCUT2D eigenvalue weighted by molar-refractivity contribution is -0.138. The second-order valence-electron chi connectivity index (χ2n) is 7.30. The third kappa shape index (κ3) is 3.22. The molecular formula is C23H24N2O3. The van der Waals surface area contributed by atoms with E-state index in [1.54, 1.807) is 0 Å². The van der Waals surface area contributed by atoms with Gasteiger partial charge in [-0.25, -0.2) is 0 Å². The van der Waals surface area contributed by atoms with E-state index in [4.69, 9.17) is 4.74 Å². The van der Waals surface area contributed by atoms with Gasteiger partial charge in [-0.05, 0) is 37.5 Å². The molecule has 0 saturated heterocycles. The van der Waals surface area contributed by atoms with Crippen LogP contribution in [-0.4, -0.2) is 42.5 Å². The van der Waals surface area contributed by atoms with E-state index in [-0.39, 0.29) is 24.5 Å². The molecule has 0 atom stereocenters. The number of ether oxygens (including phenoxy) is 1. The average molecular weight is 376 g/mol. The summed E-state index contributed by atoms with van der Waals surface area (Å²) in [6.07, 6.45) is 0.916. The second kappa shape index (κ2) is 7.60. The number of nitrogens with zero attached hydrogens (tertiary/aromatic N) is 2. The molecule has 5 nitrogen and oxygen atoms in total. The van der Waals surface area contributed by atoms with Gasteiger partial charge >= 0.3 is 0 Å². The van der Waals surface area contributed by atoms with Gasteiger partial charge in [-0.15, -0.1) is 0 Å². The SMILES string of the molecule is CC(C)OCCN1C(=O)C(c2ccccc2)=C(N2CCc3ccccc32)C1=O. The number of carbonyl (C=O) groups excluding carboxylic acids is 2. The van der Waals surface area contributed by atoms with Crippen LogP contribution in [0.15, 0.2) is 60.3 Å². The summed E-state index contributed by atoms with van der Waals surface area (Å²) in [5, 5.41) is 0. The van der Waals surface area contributed by atoms with Crippen molar-refractivity contribution >= 4 is 23.1 Å². The highest BCUT2D eigenvalue weighted by atomic mass is 16.5. The molecule has 0 unspecified atom stereocenters. The first-order valence-electron chi connectivity index (χ1n) is 9.71. The second-order valence-corrected chi connectivity index (χ2v) is 7.30. The van der Waals surface area contributed by atoms with Crippen molar-refractivity contribution in [2.45, 2.75) is 26.4 Å². The van der Waals surface area contributed by atoms with Crippen LogP contribution in [0.2, 0.25) is 0 Å². The van der Waals surface area contributed by atoms with Crippen LogP contribution in [0, 0.1) is 0 Å². The summed E-state index contributed by atoms with van der Waals surface area (Å²) in [6, 6.07) is 17.5. The zero-order chi connectivity index (χ0) is 19.7. The van der Waals surface area contributed by atoms with Crippen molar-refractivity contribution in [2.24, 2.45) is 0 Å². The number of rotatable bonds is 6. The largest absolute Gasteiger partial charge is 0.377 e. The number of amides is 2. The molecule has 5 heteroatoms. The van der Waals surface area contributed by atoms with E-state index >= 15 is 0 Å². The lowest BCUT2D eigenvalue weighted by Crippen LogP contribution is -2.37. The molecule has 144 valence electrons. The normalized spacial score (nSPS) is 16.5. The predicted octanol–water partition coefficient (Wildman–Crippen LogP) is 3.25. The summed E-state index contributed by atoms with van der Waals surface area (Å²) in [7, 11) is 0. The van der Waals surface area contributed by atoms with Crippen molar-refractivity contribution in [3.8, 4) is 0 Å². The van der Waals surface area contributed by atoms with Gasteiger partial charge in [0.25, 0.3) is 11.8 Å². The number of fused-ring (bicyclic) bond motifs is 1. The maximum Gasteiger partial charge on any atom is 0.278 e. The van der Waals surface area contributed by atoms with Crippen molar-refractivity contribution < 1.29 is 14.3 Å². The number of para-hydroxylation sites is 1. The fourth-order valence-corrected chi connectivity index (χ4v) is 3.83. The molecule has 2 aromatic rings. The minimum atomic E-state index is -0.247. The fourth-order valence-electron chi connectivity index (χ4n) is 3.83. The number of hydrogen-bond donors (Lipinski definition) is 0. The summed E-state index contributed by atoms with van der Waals surface area (Å²) < 4.78 is 5.58. The van der Waals surface area contributed by atoms with Crippen molar-refractivity contribution in [1.29, 1.82) is 0 Å². The van der Waals surface area contributed by atoms with Crippen molar-refractivity contribution in [1.82, 2.24) is 4.90 Å². The molecule has 0 N–H and O–H groups in total. The van der Waals surface area contributed by atoms with E-state index in [1.807, 2.05) is 67.3 Å². The first kappa shape index (κ1) is 18.4. The molecular weight excluding hydrogens is 352 g/mol. The van der Waals surface area contributed by atoms with Crippen LogP contribution in [0.4, 0.5) is 5.69 Å². The van der Waals surface area contributed by atoms with Crippen LogP contribution >= 0.6 is 0 Å². The quantitative estimate of drug-likeness (QED) is 0.726. The smallest absolute Gasteiger partial charge is 0.278 e. The van der Waals surface area contributed by atoms with Gasteiger partial charge in [0, 0.05) is 12.2 Å². The first-order valence-corrected chi connectivity index (χ1v) is 9.71. The number of imide groups is 1. The Bertz CT molecular complexity index is 934. The number of carbonyl (C=O) groups is 2. The maximum atomic E-state index is 13.3. The maximum absolute atomic E-state index is 13.3. The molecule has 0 aliphatic carbocycles. The van der Waals surface area contributed by atoms with Gasteiger partial charge in [0.15, 0.2) is 0 Å². The zero-order valence-corrected chi connectivity index (χ0v) is 16.2. The summed E-state index contributed by atoms with van der Waals surface area (Å²) in [6.45, 7) is 5.16. The molecule has 0 bridgehead atoms. The fraction of sp³-hybridized carbons (Fsp3) is 0.304. The molecule has 0 spiro atoms. The van der Waals surface area contributed by atoms with Crippen LogP contribution in [0.5, 0.6) is 0 Å². The Morgan fingerprint density at radius 2 is 1.68 bits per heavy atom. The summed E-state index contributed by atoms with van der Waals surface area (Å²) in [4.78, 5) is 29.9. The molecule has 0 aromatic heterocycles. The minimum Gasteiger partial charge on any atom is -0.377 e.